The van der Waals surface area contributed by atoms with Gasteiger partial charge in [-0.15, -0.1) is 0 Å². The van der Waals surface area contributed by atoms with E-state index in [4.69, 9.17) is 10.5 Å². The highest BCUT2D eigenvalue weighted by atomic mass is 16.5. The van der Waals surface area contributed by atoms with E-state index in [2.05, 4.69) is 39.8 Å². The van der Waals surface area contributed by atoms with E-state index in [0.29, 0.717) is 25.3 Å². The number of imidazole rings is 1. The summed E-state index contributed by atoms with van der Waals surface area (Å²) in [4.78, 5) is 22.9. The second-order valence-electron chi connectivity index (χ2n) is 8.29. The lowest BCUT2D eigenvalue weighted by Crippen LogP contribution is -2.32. The fourth-order valence-corrected chi connectivity index (χ4v) is 4.29. The number of anilines is 1. The minimum atomic E-state index is -0.0562. The van der Waals surface area contributed by atoms with Crippen LogP contribution < -0.4 is 15.5 Å². The van der Waals surface area contributed by atoms with Gasteiger partial charge in [0.15, 0.2) is 0 Å². The molecule has 0 saturated heterocycles. The molecule has 0 bridgehead atoms. The number of H-pyrrole nitrogens is 1. The lowest BCUT2D eigenvalue weighted by atomic mass is 10.0. The number of fused-ring (bicyclic) bond motifs is 2. The molecule has 1 aliphatic heterocycles. The number of nitrogens with two attached hydrogens (primary N) is 1. The fourth-order valence-electron chi connectivity index (χ4n) is 4.29. The quantitative estimate of drug-likeness (QED) is 0.258. The van der Waals surface area contributed by atoms with Crippen LogP contribution in [0.25, 0.3) is 22.2 Å². The topological polar surface area (TPSA) is 99.8 Å². The molecule has 0 aliphatic carbocycles. The molecule has 1 aliphatic rings. The highest BCUT2D eigenvalue weighted by Gasteiger charge is 2.22. The summed E-state index contributed by atoms with van der Waals surface area (Å²) in [6.45, 7) is 7.07. The van der Waals surface area contributed by atoms with Gasteiger partial charge in [-0.3, -0.25) is 4.79 Å². The van der Waals surface area contributed by atoms with E-state index in [1.54, 1.807) is 18.3 Å². The molecular formula is C27H26N6O2. The summed E-state index contributed by atoms with van der Waals surface area (Å²) in [5.41, 5.74) is 11.8. The Balaban J connectivity index is 1.39. The molecule has 1 aromatic heterocycles. The van der Waals surface area contributed by atoms with Crippen molar-refractivity contribution in [2.75, 3.05) is 18.2 Å². The van der Waals surface area contributed by atoms with Gasteiger partial charge in [0.05, 0.1) is 23.3 Å². The molecule has 5 rings (SSSR count). The number of carbonyl (C=O) groups excluding carboxylic acids is 1. The van der Waals surface area contributed by atoms with Crippen LogP contribution in [0, 0.1) is 6.92 Å². The number of hydrazone groups is 1. The van der Waals surface area contributed by atoms with Crippen molar-refractivity contribution in [3.63, 3.8) is 0 Å². The molecule has 0 fully saturated rings. The normalized spacial score (nSPS) is 13.3. The molecule has 3 aromatic carbocycles. The monoisotopic (exact) mass is 466 g/mol. The number of ether oxygens (including phenoxy) is 1. The molecule has 3 N–H and O–H groups in total. The molecule has 0 radical (unpaired) electrons. The van der Waals surface area contributed by atoms with E-state index < -0.39 is 0 Å². The van der Waals surface area contributed by atoms with Crippen LogP contribution in [0.15, 0.2) is 78.5 Å². The third-order valence-electron chi connectivity index (χ3n) is 6.01. The molecule has 0 spiro atoms. The molecule has 1 amide bonds. The van der Waals surface area contributed by atoms with Crippen LogP contribution in [-0.2, 0) is 6.54 Å². The maximum atomic E-state index is 13.3. The van der Waals surface area contributed by atoms with E-state index in [-0.39, 0.29) is 5.91 Å². The van der Waals surface area contributed by atoms with Gasteiger partial charge in [-0.25, -0.2) is 9.99 Å². The first-order valence-electron chi connectivity index (χ1n) is 11.3. The minimum Gasteiger partial charge on any atom is -0.491 e. The number of aromatic amines is 1. The highest BCUT2D eigenvalue weighted by Crippen LogP contribution is 2.31. The first-order valence-corrected chi connectivity index (χ1v) is 11.3. The van der Waals surface area contributed by atoms with Crippen molar-refractivity contribution in [3.05, 3.63) is 90.4 Å². The number of nitrogens with one attached hydrogen (secondary N) is 1. The maximum absolute atomic E-state index is 13.3. The van der Waals surface area contributed by atoms with E-state index >= 15 is 0 Å². The smallest absolute Gasteiger partial charge is 0.254 e. The Labute approximate surface area is 203 Å². The fraction of sp³-hybridized carbons (Fsp3) is 0.148. The number of hydrogen-bond donors (Lipinski definition) is 2. The predicted molar refractivity (Wildman–Crippen MR) is 138 cm³/mol. The summed E-state index contributed by atoms with van der Waals surface area (Å²) in [6, 6.07) is 19.5. The minimum absolute atomic E-state index is 0.0562. The predicted octanol–water partition coefficient (Wildman–Crippen LogP) is 4.43. The summed E-state index contributed by atoms with van der Waals surface area (Å²) in [6.07, 6.45) is 2.74. The largest absolute Gasteiger partial charge is 0.491 e. The molecule has 35 heavy (non-hydrogen) atoms. The second-order valence-corrected chi connectivity index (χ2v) is 8.29. The van der Waals surface area contributed by atoms with Crippen LogP contribution in [0.1, 0.15) is 21.7 Å². The Morgan fingerprint density at radius 1 is 1.17 bits per heavy atom. The van der Waals surface area contributed by atoms with Crippen LogP contribution in [0.5, 0.6) is 5.75 Å². The number of rotatable bonds is 5. The second kappa shape index (κ2) is 9.34. The number of hydrogen-bond acceptors (Lipinski definition) is 5. The van der Waals surface area contributed by atoms with Crippen LogP contribution in [0.2, 0.25) is 0 Å². The first kappa shape index (κ1) is 22.2. The standard InChI is InChI=1S/C27H26N6O2/c1-3-33(29-17-28)23-8-4-19(5-9-23)27(34)32-12-13-35-26-11-7-20(14-22(26)16-32)21-6-10-24-25(15-21)31-18(2)30-24/h3-11,14-15,17H,1,12-13,16H2,2H3,(H2,28,29)(H,30,31). The van der Waals surface area contributed by atoms with Crippen LogP contribution in [0.3, 0.4) is 0 Å². The summed E-state index contributed by atoms with van der Waals surface area (Å²) >= 11 is 0. The van der Waals surface area contributed by atoms with Crippen LogP contribution in [-0.4, -0.2) is 40.3 Å². The summed E-state index contributed by atoms with van der Waals surface area (Å²) in [5.74, 6) is 1.63. The Morgan fingerprint density at radius 2 is 1.94 bits per heavy atom. The van der Waals surface area contributed by atoms with Gasteiger partial charge in [-0.1, -0.05) is 18.7 Å². The van der Waals surface area contributed by atoms with E-state index in [1.165, 1.54) is 11.3 Å². The van der Waals surface area contributed by atoms with Crippen LogP contribution in [0.4, 0.5) is 5.69 Å². The molecule has 0 unspecified atom stereocenters. The summed E-state index contributed by atoms with van der Waals surface area (Å²) in [7, 11) is 0. The zero-order valence-corrected chi connectivity index (χ0v) is 19.4. The number of carbonyl (C=O) groups is 1. The number of benzene rings is 3. The number of nitrogens with zero attached hydrogens (tertiary/aromatic N) is 4. The van der Waals surface area contributed by atoms with Crippen molar-refractivity contribution in [2.45, 2.75) is 13.5 Å². The molecule has 2 heterocycles. The lowest BCUT2D eigenvalue weighted by Gasteiger charge is -2.21. The van der Waals surface area contributed by atoms with Crippen molar-refractivity contribution >= 4 is 29.0 Å². The lowest BCUT2D eigenvalue weighted by molar-refractivity contribution is 0.0733. The molecular weight excluding hydrogens is 440 g/mol. The van der Waals surface area contributed by atoms with E-state index in [1.807, 2.05) is 42.2 Å². The third-order valence-corrected chi connectivity index (χ3v) is 6.01. The van der Waals surface area contributed by atoms with Crippen molar-refractivity contribution in [1.82, 2.24) is 14.9 Å². The highest BCUT2D eigenvalue weighted by molar-refractivity contribution is 5.94. The van der Waals surface area contributed by atoms with Crippen molar-refractivity contribution < 1.29 is 9.53 Å². The molecule has 176 valence electrons. The van der Waals surface area contributed by atoms with Gasteiger partial charge in [-0.2, -0.15) is 5.10 Å². The van der Waals surface area contributed by atoms with Crippen molar-refractivity contribution in [2.24, 2.45) is 10.8 Å². The summed E-state index contributed by atoms with van der Waals surface area (Å²) < 4.78 is 5.96. The van der Waals surface area contributed by atoms with Gasteiger partial charge in [0, 0.05) is 23.9 Å². The molecule has 8 nitrogen and oxygen atoms in total. The van der Waals surface area contributed by atoms with Gasteiger partial charge in [0.25, 0.3) is 5.91 Å². The van der Waals surface area contributed by atoms with Crippen molar-refractivity contribution in [1.29, 1.82) is 0 Å². The van der Waals surface area contributed by atoms with Gasteiger partial charge >= 0.3 is 0 Å². The first-order chi connectivity index (χ1) is 17.1. The Bertz CT molecular complexity index is 1420. The molecule has 0 saturated carbocycles. The maximum Gasteiger partial charge on any atom is 0.254 e. The number of aromatic nitrogens is 2. The number of amides is 1. The van der Waals surface area contributed by atoms with Gasteiger partial charge in [0.2, 0.25) is 0 Å². The van der Waals surface area contributed by atoms with Crippen molar-refractivity contribution in [3.8, 4) is 16.9 Å². The molecule has 0 atom stereocenters. The molecule has 8 heteroatoms. The zero-order valence-electron chi connectivity index (χ0n) is 19.4. The average Bonchev–Trinajstić information content (AvgIpc) is 3.12. The van der Waals surface area contributed by atoms with Gasteiger partial charge in [-0.05, 0) is 66.6 Å². The van der Waals surface area contributed by atoms with E-state index in [0.717, 1.165) is 45.0 Å². The van der Waals surface area contributed by atoms with Gasteiger partial charge < -0.3 is 20.4 Å². The average molecular weight is 467 g/mol. The SMILES string of the molecule is C=CN(/N=C\N)c1ccc(C(=O)N2CCOc3ccc(-c4ccc5[nH]c(C)nc5c4)cc3C2)cc1. The summed E-state index contributed by atoms with van der Waals surface area (Å²) in [5, 5.41) is 5.55. The third kappa shape index (κ3) is 4.46. The number of aryl methyl sites for hydroxylation is 1. The van der Waals surface area contributed by atoms with Crippen LogP contribution >= 0.6 is 0 Å². The Hall–Kier alpha value is -4.59. The Morgan fingerprint density at radius 3 is 2.71 bits per heavy atom. The van der Waals surface area contributed by atoms with Gasteiger partial charge in [0.1, 0.15) is 24.5 Å². The Kier molecular flexibility index (Phi) is 5.93. The zero-order chi connectivity index (χ0) is 24.4. The van der Waals surface area contributed by atoms with E-state index in [9.17, 15) is 4.79 Å². The molecule has 4 aromatic rings.